The fraction of sp³-hybridized carbons (Fsp3) is 0.286. The van der Waals surface area contributed by atoms with Crippen molar-refractivity contribution in [2.75, 3.05) is 0 Å². The molecule has 0 saturated carbocycles. The van der Waals surface area contributed by atoms with E-state index in [1.165, 1.54) is 16.7 Å². The molecule has 0 heterocycles. The summed E-state index contributed by atoms with van der Waals surface area (Å²) in [4.78, 5) is 0. The van der Waals surface area contributed by atoms with E-state index in [2.05, 4.69) is 44.3 Å². The van der Waals surface area contributed by atoms with Crippen molar-refractivity contribution >= 4 is 6.08 Å². The number of hydrogen-bond acceptors (Lipinski definition) is 0. The van der Waals surface area contributed by atoms with E-state index in [0.717, 1.165) is 6.42 Å². The summed E-state index contributed by atoms with van der Waals surface area (Å²) in [7, 11) is 0. The molecule has 0 N–H and O–H groups in total. The van der Waals surface area contributed by atoms with Crippen molar-refractivity contribution in [2.45, 2.75) is 27.2 Å². The Kier molecular flexibility index (Phi) is 6.47. The first-order valence-corrected chi connectivity index (χ1v) is 4.93. The minimum Gasteiger partial charge on any atom is -0.100 e. The van der Waals surface area contributed by atoms with Gasteiger partial charge in [-0.1, -0.05) is 49.4 Å². The summed E-state index contributed by atoms with van der Waals surface area (Å²) in [6, 6.07) is 8.42. The second-order valence-corrected chi connectivity index (χ2v) is 3.51. The van der Waals surface area contributed by atoms with Gasteiger partial charge < -0.3 is 0 Å². The van der Waals surface area contributed by atoms with E-state index in [4.69, 9.17) is 0 Å². The van der Waals surface area contributed by atoms with Gasteiger partial charge >= 0.3 is 0 Å². The van der Waals surface area contributed by atoms with Gasteiger partial charge in [0.15, 0.2) is 0 Å². The van der Waals surface area contributed by atoms with Crippen LogP contribution >= 0.6 is 0 Å². The molecule has 0 amide bonds. The lowest BCUT2D eigenvalue weighted by atomic mass is 10.1. The molecule has 0 heteroatoms. The van der Waals surface area contributed by atoms with Crippen molar-refractivity contribution in [2.24, 2.45) is 0 Å². The highest BCUT2D eigenvalue weighted by molar-refractivity contribution is 5.47. The predicted octanol–water partition coefficient (Wildman–Crippen LogP) is 4.47. The van der Waals surface area contributed by atoms with Crippen LogP contribution in [-0.4, -0.2) is 0 Å². The van der Waals surface area contributed by atoms with Crippen LogP contribution in [0, 0.1) is 0 Å². The topological polar surface area (TPSA) is 0 Å². The third kappa shape index (κ3) is 6.24. The molecule has 1 rings (SSSR count). The summed E-state index contributed by atoms with van der Waals surface area (Å²) in [6.07, 6.45) is 2.97. The van der Waals surface area contributed by atoms with E-state index < -0.39 is 0 Å². The summed E-state index contributed by atoms with van der Waals surface area (Å²) < 4.78 is 0. The maximum absolute atomic E-state index is 3.71. The summed E-state index contributed by atoms with van der Waals surface area (Å²) in [5, 5.41) is 0. The summed E-state index contributed by atoms with van der Waals surface area (Å²) in [6.45, 7) is 13.4. The Hall–Kier alpha value is -1.30. The third-order valence-electron chi connectivity index (χ3n) is 1.59. The number of allylic oxidation sites excluding steroid dienone is 1. The molecular weight excluding hydrogens is 168 g/mol. The molecule has 0 saturated heterocycles. The first-order chi connectivity index (χ1) is 6.60. The number of rotatable bonds is 2. The minimum absolute atomic E-state index is 1.10. The van der Waals surface area contributed by atoms with Crippen LogP contribution in [0.2, 0.25) is 0 Å². The van der Waals surface area contributed by atoms with Gasteiger partial charge in [-0.15, -0.1) is 6.58 Å². The monoisotopic (exact) mass is 188 g/mol. The van der Waals surface area contributed by atoms with Crippen molar-refractivity contribution < 1.29 is 0 Å². The quantitative estimate of drug-likeness (QED) is 0.600. The molecule has 0 aliphatic heterocycles. The van der Waals surface area contributed by atoms with Crippen LogP contribution in [0.3, 0.4) is 0 Å². The molecule has 0 fully saturated rings. The first-order valence-electron chi connectivity index (χ1n) is 4.93. The lowest BCUT2D eigenvalue weighted by molar-refractivity contribution is 1.14. The molecule has 0 aliphatic carbocycles. The van der Waals surface area contributed by atoms with Crippen LogP contribution in [0.5, 0.6) is 0 Å². The Morgan fingerprint density at radius 2 is 1.93 bits per heavy atom. The molecule has 14 heavy (non-hydrogen) atoms. The number of aryl methyl sites for hydroxylation is 1. The molecule has 76 valence electrons. The fourth-order valence-electron chi connectivity index (χ4n) is 0.940. The van der Waals surface area contributed by atoms with Gasteiger partial charge in [-0.2, -0.15) is 0 Å². The highest BCUT2D eigenvalue weighted by atomic mass is 13.9. The Labute approximate surface area is 88.0 Å². The Morgan fingerprint density at radius 3 is 2.36 bits per heavy atom. The molecule has 0 aromatic heterocycles. The van der Waals surface area contributed by atoms with Gasteiger partial charge in [-0.3, -0.25) is 0 Å². The largest absolute Gasteiger partial charge is 0.100 e. The lowest BCUT2D eigenvalue weighted by Gasteiger charge is -1.96. The van der Waals surface area contributed by atoms with Crippen molar-refractivity contribution in [3.8, 4) is 0 Å². The van der Waals surface area contributed by atoms with Gasteiger partial charge in [0, 0.05) is 0 Å². The highest BCUT2D eigenvalue weighted by Crippen LogP contribution is 2.06. The van der Waals surface area contributed by atoms with Crippen LogP contribution in [0.15, 0.2) is 43.0 Å². The minimum atomic E-state index is 1.10. The van der Waals surface area contributed by atoms with Crippen molar-refractivity contribution in [1.29, 1.82) is 0 Å². The summed E-state index contributed by atoms with van der Waals surface area (Å²) in [5.74, 6) is 0. The standard InChI is InChI=1S/C10H12.C4H8/c1-3-9-6-5-7-10(4-2)8-9;1-4(2)3/h3,5-8H,1,4H2,2H3;1H2,2-3H3. The van der Waals surface area contributed by atoms with E-state index in [0.29, 0.717) is 0 Å². The SMILES string of the molecule is C=C(C)C.C=Cc1cccc(CC)c1. The zero-order valence-corrected chi connectivity index (χ0v) is 9.51. The van der Waals surface area contributed by atoms with E-state index in [-0.39, 0.29) is 0 Å². The molecule has 0 bridgehead atoms. The van der Waals surface area contributed by atoms with E-state index in [1.807, 2.05) is 19.9 Å². The van der Waals surface area contributed by atoms with Crippen LogP contribution < -0.4 is 0 Å². The molecule has 1 aromatic carbocycles. The maximum atomic E-state index is 3.71. The number of benzene rings is 1. The second kappa shape index (κ2) is 7.14. The zero-order chi connectivity index (χ0) is 11.0. The van der Waals surface area contributed by atoms with Crippen LogP contribution in [-0.2, 0) is 6.42 Å². The van der Waals surface area contributed by atoms with Gasteiger partial charge in [0.05, 0.1) is 0 Å². The van der Waals surface area contributed by atoms with Crippen molar-refractivity contribution in [3.05, 3.63) is 54.1 Å². The summed E-state index contributed by atoms with van der Waals surface area (Å²) >= 11 is 0. The second-order valence-electron chi connectivity index (χ2n) is 3.51. The van der Waals surface area contributed by atoms with E-state index >= 15 is 0 Å². The van der Waals surface area contributed by atoms with Crippen molar-refractivity contribution in [3.63, 3.8) is 0 Å². The Balaban J connectivity index is 0.000000364. The smallest absolute Gasteiger partial charge is 0.0260 e. The van der Waals surface area contributed by atoms with E-state index in [1.54, 1.807) is 0 Å². The van der Waals surface area contributed by atoms with Gasteiger partial charge in [-0.05, 0) is 31.4 Å². The lowest BCUT2D eigenvalue weighted by Crippen LogP contribution is -1.79. The Morgan fingerprint density at radius 1 is 1.36 bits per heavy atom. The predicted molar refractivity (Wildman–Crippen MR) is 66.4 cm³/mol. The van der Waals surface area contributed by atoms with Gasteiger partial charge in [0.2, 0.25) is 0 Å². The average Bonchev–Trinajstić information content (AvgIpc) is 2.17. The number of hydrogen-bond donors (Lipinski definition) is 0. The van der Waals surface area contributed by atoms with Gasteiger partial charge in [-0.25, -0.2) is 0 Å². The molecule has 0 spiro atoms. The molecule has 0 radical (unpaired) electrons. The first kappa shape index (κ1) is 12.7. The molecule has 0 nitrogen and oxygen atoms in total. The van der Waals surface area contributed by atoms with Crippen LogP contribution in [0.1, 0.15) is 31.9 Å². The molecule has 0 aliphatic rings. The third-order valence-corrected chi connectivity index (χ3v) is 1.59. The summed E-state index contributed by atoms with van der Waals surface area (Å²) in [5.41, 5.74) is 3.75. The van der Waals surface area contributed by atoms with Crippen molar-refractivity contribution in [1.82, 2.24) is 0 Å². The van der Waals surface area contributed by atoms with Crippen LogP contribution in [0.4, 0.5) is 0 Å². The highest BCUT2D eigenvalue weighted by Gasteiger charge is 1.87. The Bertz CT molecular complexity index is 291. The molecule has 1 aromatic rings. The van der Waals surface area contributed by atoms with Crippen LogP contribution in [0.25, 0.3) is 6.08 Å². The normalized spacial score (nSPS) is 8.50. The molecule has 0 atom stereocenters. The molecule has 0 unspecified atom stereocenters. The zero-order valence-electron chi connectivity index (χ0n) is 9.51. The average molecular weight is 188 g/mol. The fourth-order valence-corrected chi connectivity index (χ4v) is 0.940. The molecular formula is C14H20. The van der Waals surface area contributed by atoms with E-state index in [9.17, 15) is 0 Å². The van der Waals surface area contributed by atoms with Gasteiger partial charge in [0.1, 0.15) is 0 Å². The maximum Gasteiger partial charge on any atom is -0.0260 e. The van der Waals surface area contributed by atoms with Gasteiger partial charge in [0.25, 0.3) is 0 Å².